The molecule has 1 atom stereocenters. The summed E-state index contributed by atoms with van der Waals surface area (Å²) < 4.78 is 40.7. The zero-order valence-corrected chi connectivity index (χ0v) is 13.9. The number of amides is 1. The number of carbonyl (C=O) groups is 1. The number of nitrogens with one attached hydrogen (secondary N) is 1. The number of hydrogen-bond acceptors (Lipinski definition) is 4. The van der Waals surface area contributed by atoms with Gasteiger partial charge in [0, 0.05) is 26.2 Å². The highest BCUT2D eigenvalue weighted by Gasteiger charge is 2.34. The van der Waals surface area contributed by atoms with Gasteiger partial charge in [0.05, 0.1) is 5.92 Å². The standard InChI is InChI=1S/C15H22FN3O3S/c1-11-4-2-6-13(14(11)16)23(21,22)19-9-3-5-12(10-19)15(20)18-8-7-17/h2,4,6,12H,3,5,7-10,17H2,1H3,(H,18,20). The van der Waals surface area contributed by atoms with E-state index < -0.39 is 21.8 Å². The summed E-state index contributed by atoms with van der Waals surface area (Å²) in [5.74, 6) is -1.37. The second-order valence-electron chi connectivity index (χ2n) is 5.67. The number of benzene rings is 1. The van der Waals surface area contributed by atoms with E-state index >= 15 is 0 Å². The molecule has 0 bridgehead atoms. The summed E-state index contributed by atoms with van der Waals surface area (Å²) in [6.45, 7) is 2.56. The van der Waals surface area contributed by atoms with E-state index in [1.165, 1.54) is 29.4 Å². The first-order chi connectivity index (χ1) is 10.9. The summed E-state index contributed by atoms with van der Waals surface area (Å²) >= 11 is 0. The van der Waals surface area contributed by atoms with Crippen molar-refractivity contribution in [2.45, 2.75) is 24.7 Å². The fourth-order valence-corrected chi connectivity index (χ4v) is 4.34. The highest BCUT2D eigenvalue weighted by molar-refractivity contribution is 7.89. The van der Waals surface area contributed by atoms with Gasteiger partial charge < -0.3 is 11.1 Å². The van der Waals surface area contributed by atoms with Crippen LogP contribution in [0.4, 0.5) is 4.39 Å². The summed E-state index contributed by atoms with van der Waals surface area (Å²) in [6.07, 6.45) is 1.17. The van der Waals surface area contributed by atoms with Gasteiger partial charge in [-0.2, -0.15) is 4.31 Å². The molecule has 2 rings (SSSR count). The summed E-state index contributed by atoms with van der Waals surface area (Å²) in [5, 5.41) is 2.67. The molecule has 6 nitrogen and oxygen atoms in total. The van der Waals surface area contributed by atoms with Gasteiger partial charge in [-0.3, -0.25) is 4.79 Å². The van der Waals surface area contributed by atoms with Crippen molar-refractivity contribution < 1.29 is 17.6 Å². The minimum atomic E-state index is -3.95. The molecule has 1 heterocycles. The minimum absolute atomic E-state index is 0.0616. The Morgan fingerprint density at radius 2 is 2.22 bits per heavy atom. The summed E-state index contributed by atoms with van der Waals surface area (Å²) in [7, 11) is -3.95. The van der Waals surface area contributed by atoms with Crippen molar-refractivity contribution >= 4 is 15.9 Å². The van der Waals surface area contributed by atoms with E-state index in [-0.39, 0.29) is 29.5 Å². The third-order valence-corrected chi connectivity index (χ3v) is 5.86. The van der Waals surface area contributed by atoms with Crippen molar-refractivity contribution in [3.63, 3.8) is 0 Å². The molecule has 0 aromatic heterocycles. The molecule has 8 heteroatoms. The summed E-state index contributed by atoms with van der Waals surface area (Å²) in [6, 6.07) is 4.30. The fraction of sp³-hybridized carbons (Fsp3) is 0.533. The van der Waals surface area contributed by atoms with Gasteiger partial charge in [0.15, 0.2) is 0 Å². The molecule has 1 aliphatic heterocycles. The van der Waals surface area contributed by atoms with Gasteiger partial charge in [-0.15, -0.1) is 0 Å². The topological polar surface area (TPSA) is 92.5 Å². The van der Waals surface area contributed by atoms with E-state index in [0.717, 1.165) is 0 Å². The van der Waals surface area contributed by atoms with Gasteiger partial charge >= 0.3 is 0 Å². The lowest BCUT2D eigenvalue weighted by Gasteiger charge is -2.31. The molecule has 128 valence electrons. The van der Waals surface area contributed by atoms with Gasteiger partial charge in [-0.25, -0.2) is 12.8 Å². The zero-order chi connectivity index (χ0) is 17.0. The number of nitrogens with two attached hydrogens (primary N) is 1. The Morgan fingerprint density at radius 1 is 1.48 bits per heavy atom. The number of piperidine rings is 1. The van der Waals surface area contributed by atoms with Crippen molar-refractivity contribution in [2.75, 3.05) is 26.2 Å². The van der Waals surface area contributed by atoms with Crippen LogP contribution in [0.2, 0.25) is 0 Å². The van der Waals surface area contributed by atoms with Gasteiger partial charge in [0.25, 0.3) is 0 Å². The van der Waals surface area contributed by atoms with E-state index in [1.807, 2.05) is 0 Å². The van der Waals surface area contributed by atoms with Crippen LogP contribution < -0.4 is 11.1 Å². The fourth-order valence-electron chi connectivity index (χ4n) is 2.67. The van der Waals surface area contributed by atoms with Crippen LogP contribution in [0.25, 0.3) is 0 Å². The summed E-state index contributed by atoms with van der Waals surface area (Å²) in [5.41, 5.74) is 5.63. The smallest absolute Gasteiger partial charge is 0.246 e. The van der Waals surface area contributed by atoms with E-state index in [9.17, 15) is 17.6 Å². The monoisotopic (exact) mass is 343 g/mol. The molecule has 0 saturated carbocycles. The van der Waals surface area contributed by atoms with E-state index in [4.69, 9.17) is 5.73 Å². The lowest BCUT2D eigenvalue weighted by atomic mass is 9.99. The van der Waals surface area contributed by atoms with Crippen molar-refractivity contribution in [3.8, 4) is 0 Å². The Balaban J connectivity index is 2.20. The van der Waals surface area contributed by atoms with Crippen LogP contribution in [0.5, 0.6) is 0 Å². The molecule has 0 aliphatic carbocycles. The summed E-state index contributed by atoms with van der Waals surface area (Å²) in [4.78, 5) is 11.7. The Labute approximate surface area is 135 Å². The van der Waals surface area contributed by atoms with Crippen molar-refractivity contribution in [1.82, 2.24) is 9.62 Å². The van der Waals surface area contributed by atoms with Crippen molar-refractivity contribution in [3.05, 3.63) is 29.6 Å². The van der Waals surface area contributed by atoms with Crippen LogP contribution in [0.1, 0.15) is 18.4 Å². The first-order valence-electron chi connectivity index (χ1n) is 7.61. The first-order valence-corrected chi connectivity index (χ1v) is 9.05. The third-order valence-electron chi connectivity index (χ3n) is 3.97. The minimum Gasteiger partial charge on any atom is -0.355 e. The Bertz CT molecular complexity index is 679. The maximum Gasteiger partial charge on any atom is 0.246 e. The lowest BCUT2D eigenvalue weighted by molar-refractivity contribution is -0.126. The van der Waals surface area contributed by atoms with Crippen LogP contribution in [0.15, 0.2) is 23.1 Å². The highest BCUT2D eigenvalue weighted by Crippen LogP contribution is 2.26. The molecule has 0 spiro atoms. The molecular weight excluding hydrogens is 321 g/mol. The number of halogens is 1. The molecule has 1 aromatic carbocycles. The van der Waals surface area contributed by atoms with E-state index in [0.29, 0.717) is 25.9 Å². The largest absolute Gasteiger partial charge is 0.355 e. The average Bonchev–Trinajstić information content (AvgIpc) is 2.55. The molecule has 1 unspecified atom stereocenters. The SMILES string of the molecule is Cc1cccc(S(=O)(=O)N2CCCC(C(=O)NCCN)C2)c1F. The van der Waals surface area contributed by atoms with Crippen molar-refractivity contribution in [2.24, 2.45) is 11.7 Å². The molecule has 1 saturated heterocycles. The van der Waals surface area contributed by atoms with Crippen LogP contribution >= 0.6 is 0 Å². The predicted octanol–water partition coefficient (Wildman–Crippen LogP) is 0.610. The molecule has 1 fully saturated rings. The van der Waals surface area contributed by atoms with Gasteiger partial charge in [-0.1, -0.05) is 12.1 Å². The normalized spacial score (nSPS) is 19.5. The molecule has 0 radical (unpaired) electrons. The quantitative estimate of drug-likeness (QED) is 0.819. The maximum absolute atomic E-state index is 14.2. The Kier molecular flexibility index (Phi) is 5.72. The molecule has 1 aromatic rings. The van der Waals surface area contributed by atoms with Crippen LogP contribution in [-0.2, 0) is 14.8 Å². The van der Waals surface area contributed by atoms with E-state index in [1.54, 1.807) is 0 Å². The maximum atomic E-state index is 14.2. The number of aryl methyl sites for hydroxylation is 1. The van der Waals surface area contributed by atoms with Crippen LogP contribution in [0, 0.1) is 18.7 Å². The zero-order valence-electron chi connectivity index (χ0n) is 13.1. The lowest BCUT2D eigenvalue weighted by Crippen LogP contribution is -2.46. The highest BCUT2D eigenvalue weighted by atomic mass is 32.2. The molecule has 3 N–H and O–H groups in total. The number of hydrogen-bond donors (Lipinski definition) is 2. The van der Waals surface area contributed by atoms with Crippen molar-refractivity contribution in [1.29, 1.82) is 0 Å². The third kappa shape index (κ3) is 3.88. The second-order valence-corrected chi connectivity index (χ2v) is 7.58. The van der Waals surface area contributed by atoms with E-state index in [2.05, 4.69) is 5.32 Å². The Morgan fingerprint density at radius 3 is 2.91 bits per heavy atom. The number of rotatable bonds is 5. The number of sulfonamides is 1. The number of carbonyl (C=O) groups excluding carboxylic acids is 1. The van der Waals surface area contributed by atoms with Gasteiger partial charge in [0.2, 0.25) is 15.9 Å². The molecule has 1 aliphatic rings. The molecular formula is C15H22FN3O3S. The van der Waals surface area contributed by atoms with Crippen LogP contribution in [0.3, 0.4) is 0 Å². The van der Waals surface area contributed by atoms with Gasteiger partial charge in [-0.05, 0) is 31.4 Å². The molecule has 1 amide bonds. The van der Waals surface area contributed by atoms with Crippen LogP contribution in [-0.4, -0.2) is 44.8 Å². The van der Waals surface area contributed by atoms with Gasteiger partial charge in [0.1, 0.15) is 10.7 Å². The average molecular weight is 343 g/mol. The number of nitrogens with zero attached hydrogens (tertiary/aromatic N) is 1. The first kappa shape index (κ1) is 17.8. The predicted molar refractivity (Wildman–Crippen MR) is 84.7 cm³/mol. The molecule has 23 heavy (non-hydrogen) atoms. The second kappa shape index (κ2) is 7.37. The Hall–Kier alpha value is -1.51.